The summed E-state index contributed by atoms with van der Waals surface area (Å²) in [4.78, 5) is 12.4. The lowest BCUT2D eigenvalue weighted by atomic mass is 10.2. The predicted octanol–water partition coefficient (Wildman–Crippen LogP) is -0.902. The topological polar surface area (TPSA) is 119 Å². The zero-order valence-corrected chi connectivity index (χ0v) is 11.0. The molecule has 8 heteroatoms. The number of amides is 1. The van der Waals surface area contributed by atoms with Gasteiger partial charge in [0.05, 0.1) is 22.8 Å². The Balaban J connectivity index is 3.21. The Bertz CT molecular complexity index is 556. The van der Waals surface area contributed by atoms with Crippen LogP contribution in [0.3, 0.4) is 0 Å². The summed E-state index contributed by atoms with van der Waals surface area (Å²) < 4.78 is 25.5. The third kappa shape index (κ3) is 3.11. The first-order valence-electron chi connectivity index (χ1n) is 5.10. The van der Waals surface area contributed by atoms with E-state index in [1.165, 1.54) is 30.1 Å². The van der Waals surface area contributed by atoms with Crippen LogP contribution in [0.5, 0.6) is 0 Å². The third-order valence-corrected chi connectivity index (χ3v) is 3.80. The second kappa shape index (κ2) is 5.23. The molecule has 1 aromatic rings. The highest BCUT2D eigenvalue weighted by atomic mass is 32.2. The third-order valence-electron chi connectivity index (χ3n) is 2.39. The highest BCUT2D eigenvalue weighted by molar-refractivity contribution is 7.89. The number of rotatable bonds is 5. The van der Waals surface area contributed by atoms with E-state index in [0.717, 1.165) is 0 Å². The molecule has 0 aromatic heterocycles. The Morgan fingerprint density at radius 3 is 2.56 bits per heavy atom. The zero-order valence-electron chi connectivity index (χ0n) is 10.2. The Morgan fingerprint density at radius 1 is 1.44 bits per heavy atom. The van der Waals surface area contributed by atoms with E-state index >= 15 is 0 Å². The van der Waals surface area contributed by atoms with Crippen molar-refractivity contribution in [1.82, 2.24) is 4.72 Å². The van der Waals surface area contributed by atoms with Crippen molar-refractivity contribution in [2.24, 2.45) is 5.73 Å². The number of likely N-dealkylation sites (N-methyl/N-ethyl adjacent to an activating group) is 1. The van der Waals surface area contributed by atoms with Crippen molar-refractivity contribution in [2.45, 2.75) is 4.90 Å². The van der Waals surface area contributed by atoms with Crippen LogP contribution in [0, 0.1) is 0 Å². The van der Waals surface area contributed by atoms with Crippen molar-refractivity contribution in [2.75, 3.05) is 31.3 Å². The molecule has 0 unspecified atom stereocenters. The fourth-order valence-electron chi connectivity index (χ4n) is 1.46. The Labute approximate surface area is 106 Å². The van der Waals surface area contributed by atoms with E-state index in [4.69, 9.17) is 11.5 Å². The number of primary amides is 1. The average molecular weight is 272 g/mol. The number of carbonyl (C=O) groups excluding carboxylic acids is 1. The molecule has 5 N–H and O–H groups in total. The van der Waals surface area contributed by atoms with Crippen molar-refractivity contribution >= 4 is 27.3 Å². The standard InChI is InChI=1S/C10H16N4O3S/c1-13-18(16,17)7-3-4-8(11)9(5-7)14(2)6-10(12)15/h3-5,13H,6,11H2,1-2H3,(H2,12,15). The average Bonchev–Trinajstić information content (AvgIpc) is 2.28. The van der Waals surface area contributed by atoms with Gasteiger partial charge in [-0.15, -0.1) is 0 Å². The first-order chi connectivity index (χ1) is 8.27. The van der Waals surface area contributed by atoms with E-state index in [2.05, 4.69) is 4.72 Å². The van der Waals surface area contributed by atoms with E-state index in [1.807, 2.05) is 0 Å². The van der Waals surface area contributed by atoms with Crippen LogP contribution in [-0.4, -0.2) is 35.0 Å². The van der Waals surface area contributed by atoms with Crippen molar-refractivity contribution in [1.29, 1.82) is 0 Å². The largest absolute Gasteiger partial charge is 0.397 e. The van der Waals surface area contributed by atoms with Gasteiger partial charge in [-0.25, -0.2) is 13.1 Å². The molecule has 0 atom stereocenters. The minimum Gasteiger partial charge on any atom is -0.397 e. The molecule has 0 aliphatic carbocycles. The van der Waals surface area contributed by atoms with E-state index in [-0.39, 0.29) is 11.4 Å². The molecule has 1 rings (SSSR count). The number of nitrogens with zero attached hydrogens (tertiary/aromatic N) is 1. The summed E-state index contributed by atoms with van der Waals surface area (Å²) in [6.45, 7) is -0.0484. The normalized spacial score (nSPS) is 11.2. The van der Waals surface area contributed by atoms with Crippen molar-refractivity contribution < 1.29 is 13.2 Å². The molecule has 0 bridgehead atoms. The van der Waals surface area contributed by atoms with E-state index < -0.39 is 15.9 Å². The van der Waals surface area contributed by atoms with Gasteiger partial charge >= 0.3 is 0 Å². The maximum atomic E-state index is 11.6. The van der Waals surface area contributed by atoms with Crippen LogP contribution < -0.4 is 21.1 Å². The fraction of sp³-hybridized carbons (Fsp3) is 0.300. The fourth-order valence-corrected chi connectivity index (χ4v) is 2.21. The van der Waals surface area contributed by atoms with Crippen LogP contribution in [0.4, 0.5) is 11.4 Å². The SMILES string of the molecule is CNS(=O)(=O)c1ccc(N)c(N(C)CC(N)=O)c1. The van der Waals surface area contributed by atoms with Gasteiger partial charge in [-0.1, -0.05) is 0 Å². The molecular weight excluding hydrogens is 256 g/mol. The van der Waals surface area contributed by atoms with Gasteiger partial charge in [0.1, 0.15) is 0 Å². The minimum absolute atomic E-state index is 0.0484. The minimum atomic E-state index is -3.55. The van der Waals surface area contributed by atoms with Crippen LogP contribution in [0.25, 0.3) is 0 Å². The number of carbonyl (C=O) groups is 1. The summed E-state index contributed by atoms with van der Waals surface area (Å²) in [6.07, 6.45) is 0. The molecule has 0 fully saturated rings. The lowest BCUT2D eigenvalue weighted by molar-refractivity contribution is -0.116. The van der Waals surface area contributed by atoms with Crippen molar-refractivity contribution in [3.63, 3.8) is 0 Å². The molecule has 18 heavy (non-hydrogen) atoms. The van der Waals surface area contributed by atoms with Crippen LogP contribution in [-0.2, 0) is 14.8 Å². The predicted molar refractivity (Wildman–Crippen MR) is 69.6 cm³/mol. The number of nitrogens with two attached hydrogens (primary N) is 2. The zero-order chi connectivity index (χ0) is 13.9. The lowest BCUT2D eigenvalue weighted by Crippen LogP contribution is -2.31. The molecule has 0 heterocycles. The number of anilines is 2. The second-order valence-electron chi connectivity index (χ2n) is 3.75. The summed E-state index contributed by atoms with van der Waals surface area (Å²) in [7, 11) is -0.626. The molecule has 0 aliphatic heterocycles. The first-order valence-corrected chi connectivity index (χ1v) is 6.58. The molecule has 100 valence electrons. The van der Waals surface area contributed by atoms with Crippen LogP contribution in [0.2, 0.25) is 0 Å². The smallest absolute Gasteiger partial charge is 0.240 e. The van der Waals surface area contributed by atoms with Gasteiger partial charge in [0, 0.05) is 7.05 Å². The maximum Gasteiger partial charge on any atom is 0.240 e. The first kappa shape index (κ1) is 14.3. The van der Waals surface area contributed by atoms with Crippen molar-refractivity contribution in [3.8, 4) is 0 Å². The van der Waals surface area contributed by atoms with Crippen LogP contribution in [0.1, 0.15) is 0 Å². The molecule has 0 spiro atoms. The highest BCUT2D eigenvalue weighted by Crippen LogP contribution is 2.25. The summed E-state index contributed by atoms with van der Waals surface area (Å²) in [5.41, 5.74) is 11.6. The van der Waals surface area contributed by atoms with Crippen molar-refractivity contribution in [3.05, 3.63) is 18.2 Å². The monoisotopic (exact) mass is 272 g/mol. The number of benzene rings is 1. The number of nitrogen functional groups attached to an aromatic ring is 1. The second-order valence-corrected chi connectivity index (χ2v) is 5.64. The molecule has 0 saturated carbocycles. The molecule has 7 nitrogen and oxygen atoms in total. The van der Waals surface area contributed by atoms with Crippen LogP contribution in [0.15, 0.2) is 23.1 Å². The van der Waals surface area contributed by atoms with Gasteiger partial charge in [-0.2, -0.15) is 0 Å². The molecule has 0 saturated heterocycles. The van der Waals surface area contributed by atoms with Gasteiger partial charge in [0.25, 0.3) is 0 Å². The summed E-state index contributed by atoms with van der Waals surface area (Å²) in [5, 5.41) is 0. The Kier molecular flexibility index (Phi) is 4.15. The molecule has 0 radical (unpaired) electrons. The van der Waals surface area contributed by atoms with E-state index in [9.17, 15) is 13.2 Å². The Morgan fingerprint density at radius 2 is 2.06 bits per heavy atom. The van der Waals surface area contributed by atoms with Gasteiger partial charge in [0.2, 0.25) is 15.9 Å². The molecular formula is C10H16N4O3S. The lowest BCUT2D eigenvalue weighted by Gasteiger charge is -2.20. The summed E-state index contributed by atoms with van der Waals surface area (Å²) in [6, 6.07) is 4.25. The van der Waals surface area contributed by atoms with E-state index in [0.29, 0.717) is 11.4 Å². The van der Waals surface area contributed by atoms with Gasteiger partial charge < -0.3 is 16.4 Å². The molecule has 1 aromatic carbocycles. The maximum absolute atomic E-state index is 11.6. The summed E-state index contributed by atoms with van der Waals surface area (Å²) in [5.74, 6) is -0.529. The highest BCUT2D eigenvalue weighted by Gasteiger charge is 2.15. The number of hydrogen-bond donors (Lipinski definition) is 3. The quantitative estimate of drug-likeness (QED) is 0.600. The van der Waals surface area contributed by atoms with Crippen LogP contribution >= 0.6 is 0 Å². The van der Waals surface area contributed by atoms with Gasteiger partial charge in [0.15, 0.2) is 0 Å². The van der Waals surface area contributed by atoms with E-state index in [1.54, 1.807) is 7.05 Å². The summed E-state index contributed by atoms with van der Waals surface area (Å²) >= 11 is 0. The molecule has 0 aliphatic rings. The number of hydrogen-bond acceptors (Lipinski definition) is 5. The Hall–Kier alpha value is -1.80. The molecule has 1 amide bonds. The van der Waals surface area contributed by atoms with Gasteiger partial charge in [-0.3, -0.25) is 4.79 Å². The number of sulfonamides is 1. The van der Waals surface area contributed by atoms with Gasteiger partial charge in [-0.05, 0) is 25.2 Å². The number of nitrogens with one attached hydrogen (secondary N) is 1.